The molecule has 3 N–H and O–H groups in total. The molecule has 3 heterocycles. The standard InChI is InChI=1S/C21H18F3N5O2/c1-20(2,19(25)31)14-6-4-3-5-12(14)11-7-15-17(26-8-11)16-13(9-27-28-16)18(30)29(15)10-21(22,23)24/h3-9H,10H2,1-2H3,(H2,25,31)(H,27,28). The second kappa shape index (κ2) is 6.93. The number of alkyl halides is 3. The SMILES string of the molecule is CC(C)(C(N)=O)c1ccccc1-c1cnc2c3[nH]ncc3c(=O)n(CC(F)(F)F)c2c1. The fraction of sp³-hybridized carbons (Fsp3) is 0.238. The number of primary amides is 1. The molecule has 0 aliphatic carbocycles. The zero-order chi connectivity index (χ0) is 22.6. The number of carbonyl (C=O) groups excluding carboxylic acids is 1. The predicted octanol–water partition coefficient (Wildman–Crippen LogP) is 3.27. The van der Waals surface area contributed by atoms with Gasteiger partial charge in [0.05, 0.1) is 28.0 Å². The third kappa shape index (κ3) is 3.43. The van der Waals surface area contributed by atoms with Crippen LogP contribution in [0.4, 0.5) is 13.2 Å². The molecule has 0 radical (unpaired) electrons. The highest BCUT2D eigenvalue weighted by molar-refractivity contribution is 6.01. The van der Waals surface area contributed by atoms with E-state index in [0.29, 0.717) is 21.3 Å². The second-order valence-corrected chi connectivity index (χ2v) is 7.79. The first-order chi connectivity index (χ1) is 14.5. The summed E-state index contributed by atoms with van der Waals surface area (Å²) in [5.41, 5.74) is 5.78. The van der Waals surface area contributed by atoms with Crippen molar-refractivity contribution in [1.29, 1.82) is 0 Å². The van der Waals surface area contributed by atoms with Crippen molar-refractivity contribution >= 4 is 27.8 Å². The van der Waals surface area contributed by atoms with Gasteiger partial charge in [0, 0.05) is 11.8 Å². The monoisotopic (exact) mass is 429 g/mol. The molecule has 0 aliphatic heterocycles. The normalized spacial score (nSPS) is 12.5. The van der Waals surface area contributed by atoms with E-state index in [9.17, 15) is 22.8 Å². The number of pyridine rings is 2. The summed E-state index contributed by atoms with van der Waals surface area (Å²) in [5, 5.41) is 6.44. The summed E-state index contributed by atoms with van der Waals surface area (Å²) in [6.07, 6.45) is -1.94. The van der Waals surface area contributed by atoms with Crippen LogP contribution in [0.25, 0.3) is 33.1 Å². The predicted molar refractivity (Wildman–Crippen MR) is 109 cm³/mol. The lowest BCUT2D eigenvalue weighted by Crippen LogP contribution is -2.35. The fourth-order valence-corrected chi connectivity index (χ4v) is 3.63. The van der Waals surface area contributed by atoms with E-state index in [1.54, 1.807) is 38.1 Å². The van der Waals surface area contributed by atoms with Gasteiger partial charge in [-0.2, -0.15) is 18.3 Å². The molecule has 0 saturated heterocycles. The first-order valence-electron chi connectivity index (χ1n) is 9.33. The smallest absolute Gasteiger partial charge is 0.369 e. The van der Waals surface area contributed by atoms with Crippen LogP contribution in [-0.2, 0) is 16.8 Å². The summed E-state index contributed by atoms with van der Waals surface area (Å²) in [4.78, 5) is 29.1. The van der Waals surface area contributed by atoms with Crippen LogP contribution < -0.4 is 11.3 Å². The average molecular weight is 429 g/mol. The minimum atomic E-state index is -4.62. The van der Waals surface area contributed by atoms with E-state index in [-0.39, 0.29) is 21.9 Å². The molecule has 4 rings (SSSR count). The van der Waals surface area contributed by atoms with E-state index in [1.165, 1.54) is 18.5 Å². The minimum Gasteiger partial charge on any atom is -0.369 e. The molecular formula is C21H18F3N5O2. The number of halogens is 3. The molecule has 0 fully saturated rings. The fourth-order valence-electron chi connectivity index (χ4n) is 3.63. The van der Waals surface area contributed by atoms with Crippen molar-refractivity contribution < 1.29 is 18.0 Å². The van der Waals surface area contributed by atoms with Gasteiger partial charge in [0.15, 0.2) is 0 Å². The number of benzene rings is 1. The van der Waals surface area contributed by atoms with Crippen molar-refractivity contribution in [2.24, 2.45) is 5.73 Å². The molecule has 10 heteroatoms. The Morgan fingerprint density at radius 2 is 1.90 bits per heavy atom. The Morgan fingerprint density at radius 1 is 1.19 bits per heavy atom. The van der Waals surface area contributed by atoms with E-state index >= 15 is 0 Å². The minimum absolute atomic E-state index is 0.00302. The molecule has 7 nitrogen and oxygen atoms in total. The number of fused-ring (bicyclic) bond motifs is 3. The number of aromatic nitrogens is 4. The first kappa shape index (κ1) is 20.6. The summed E-state index contributed by atoms with van der Waals surface area (Å²) in [6.45, 7) is 1.86. The van der Waals surface area contributed by atoms with Crippen molar-refractivity contribution in [1.82, 2.24) is 19.7 Å². The highest BCUT2D eigenvalue weighted by Gasteiger charge is 2.32. The van der Waals surface area contributed by atoms with Gasteiger partial charge in [-0.25, -0.2) is 0 Å². The highest BCUT2D eigenvalue weighted by atomic mass is 19.4. The topological polar surface area (TPSA) is 107 Å². The van der Waals surface area contributed by atoms with Crippen molar-refractivity contribution in [3.63, 3.8) is 0 Å². The molecule has 0 aliphatic rings. The van der Waals surface area contributed by atoms with Gasteiger partial charge >= 0.3 is 6.18 Å². The Bertz CT molecular complexity index is 1390. The number of H-pyrrole nitrogens is 1. The lowest BCUT2D eigenvalue weighted by Gasteiger charge is -2.24. The van der Waals surface area contributed by atoms with Crippen LogP contribution in [0, 0.1) is 0 Å². The average Bonchev–Trinajstić information content (AvgIpc) is 3.20. The summed E-state index contributed by atoms with van der Waals surface area (Å²) in [5.74, 6) is -0.554. The van der Waals surface area contributed by atoms with E-state index in [0.717, 1.165) is 0 Å². The van der Waals surface area contributed by atoms with Crippen LogP contribution in [0.15, 0.2) is 47.5 Å². The molecule has 1 aromatic carbocycles. The van der Waals surface area contributed by atoms with Crippen LogP contribution in [0.2, 0.25) is 0 Å². The van der Waals surface area contributed by atoms with Crippen LogP contribution in [0.1, 0.15) is 19.4 Å². The van der Waals surface area contributed by atoms with Crippen LogP contribution in [-0.4, -0.2) is 31.8 Å². The van der Waals surface area contributed by atoms with E-state index in [2.05, 4.69) is 15.2 Å². The van der Waals surface area contributed by atoms with Gasteiger partial charge in [0.25, 0.3) is 5.56 Å². The zero-order valence-corrected chi connectivity index (χ0v) is 16.6. The van der Waals surface area contributed by atoms with Crippen LogP contribution in [0.3, 0.4) is 0 Å². The quantitative estimate of drug-likeness (QED) is 0.519. The number of aromatic amines is 1. The van der Waals surface area contributed by atoms with Crippen LogP contribution >= 0.6 is 0 Å². The van der Waals surface area contributed by atoms with Gasteiger partial charge in [0.1, 0.15) is 12.1 Å². The Kier molecular flexibility index (Phi) is 4.60. The Morgan fingerprint density at radius 3 is 2.58 bits per heavy atom. The number of hydrogen-bond donors (Lipinski definition) is 2. The lowest BCUT2D eigenvalue weighted by atomic mass is 9.79. The van der Waals surface area contributed by atoms with Gasteiger partial charge in [-0.1, -0.05) is 24.3 Å². The van der Waals surface area contributed by atoms with Gasteiger partial charge < -0.3 is 5.73 Å². The van der Waals surface area contributed by atoms with Crippen molar-refractivity contribution in [3.8, 4) is 11.1 Å². The summed E-state index contributed by atoms with van der Waals surface area (Å²) >= 11 is 0. The molecule has 31 heavy (non-hydrogen) atoms. The Balaban J connectivity index is 2.04. The van der Waals surface area contributed by atoms with Gasteiger partial charge in [-0.15, -0.1) is 0 Å². The molecule has 0 saturated carbocycles. The molecule has 0 spiro atoms. The van der Waals surface area contributed by atoms with Gasteiger partial charge in [-0.3, -0.25) is 24.2 Å². The number of nitrogens with zero attached hydrogens (tertiary/aromatic N) is 3. The number of rotatable bonds is 4. The molecule has 160 valence electrons. The van der Waals surface area contributed by atoms with Crippen molar-refractivity contribution in [3.05, 3.63) is 58.6 Å². The number of carbonyl (C=O) groups is 1. The molecule has 1 amide bonds. The molecule has 0 bridgehead atoms. The molecule has 3 aromatic heterocycles. The Labute approximate surface area is 173 Å². The van der Waals surface area contributed by atoms with Crippen molar-refractivity contribution in [2.45, 2.75) is 32.0 Å². The summed E-state index contributed by atoms with van der Waals surface area (Å²) in [6, 6.07) is 8.40. The first-order valence-corrected chi connectivity index (χ1v) is 9.33. The maximum Gasteiger partial charge on any atom is 0.406 e. The number of hydrogen-bond acceptors (Lipinski definition) is 4. The lowest BCUT2D eigenvalue weighted by molar-refractivity contribution is -0.140. The number of nitrogens with two attached hydrogens (primary N) is 1. The zero-order valence-electron chi connectivity index (χ0n) is 16.6. The number of nitrogens with one attached hydrogen (secondary N) is 1. The largest absolute Gasteiger partial charge is 0.406 e. The third-order valence-corrected chi connectivity index (χ3v) is 5.37. The third-order valence-electron chi connectivity index (χ3n) is 5.37. The van der Waals surface area contributed by atoms with Gasteiger partial charge in [-0.05, 0) is 31.0 Å². The Hall–Kier alpha value is -3.69. The summed E-state index contributed by atoms with van der Waals surface area (Å²) in [7, 11) is 0. The van der Waals surface area contributed by atoms with Crippen LogP contribution in [0.5, 0.6) is 0 Å². The van der Waals surface area contributed by atoms with E-state index < -0.39 is 29.6 Å². The second-order valence-electron chi connectivity index (χ2n) is 7.79. The maximum absolute atomic E-state index is 13.3. The van der Waals surface area contributed by atoms with E-state index in [1.807, 2.05) is 0 Å². The highest BCUT2D eigenvalue weighted by Crippen LogP contribution is 2.34. The van der Waals surface area contributed by atoms with Crippen molar-refractivity contribution in [2.75, 3.05) is 0 Å². The van der Waals surface area contributed by atoms with Gasteiger partial charge in [0.2, 0.25) is 5.91 Å². The summed E-state index contributed by atoms with van der Waals surface area (Å²) < 4.78 is 40.4. The molecule has 0 atom stereocenters. The van der Waals surface area contributed by atoms with E-state index in [4.69, 9.17) is 5.73 Å². The maximum atomic E-state index is 13.3. The molecular weight excluding hydrogens is 411 g/mol. The molecule has 0 unspecified atom stereocenters. The number of amides is 1. The molecule has 4 aromatic rings.